The van der Waals surface area contributed by atoms with Crippen LogP contribution < -0.4 is 5.32 Å². The Morgan fingerprint density at radius 3 is 2.63 bits per heavy atom. The molecule has 2 nitrogen and oxygen atoms in total. The van der Waals surface area contributed by atoms with E-state index in [0.717, 1.165) is 13.1 Å². The van der Waals surface area contributed by atoms with Crippen molar-refractivity contribution in [3.05, 3.63) is 36.0 Å². The van der Waals surface area contributed by atoms with Gasteiger partial charge in [0.2, 0.25) is 0 Å². The summed E-state index contributed by atoms with van der Waals surface area (Å²) in [7, 11) is 0. The predicted octanol–water partition coefficient (Wildman–Crippen LogP) is 3.55. The van der Waals surface area contributed by atoms with Gasteiger partial charge in [-0.15, -0.1) is 5.92 Å². The number of nitrogens with one attached hydrogen (secondary N) is 1. The van der Waals surface area contributed by atoms with E-state index in [1.807, 2.05) is 6.92 Å². The highest BCUT2D eigenvalue weighted by molar-refractivity contribution is 5.81. The fraction of sp³-hybridized carbons (Fsp3) is 0.412. The molecule has 100 valence electrons. The molecular formula is C17H22N2. The van der Waals surface area contributed by atoms with Crippen LogP contribution in [0.2, 0.25) is 0 Å². The molecule has 0 atom stereocenters. The van der Waals surface area contributed by atoms with E-state index < -0.39 is 0 Å². The average molecular weight is 254 g/mol. The van der Waals surface area contributed by atoms with Crippen LogP contribution in [0.3, 0.4) is 0 Å². The molecule has 0 bridgehead atoms. The van der Waals surface area contributed by atoms with Crippen molar-refractivity contribution in [3.63, 3.8) is 0 Å². The molecule has 0 saturated heterocycles. The molecule has 0 saturated carbocycles. The molecule has 0 fully saturated rings. The van der Waals surface area contributed by atoms with Crippen LogP contribution in [0.4, 0.5) is 0 Å². The lowest BCUT2D eigenvalue weighted by molar-refractivity contribution is 0.418. The summed E-state index contributed by atoms with van der Waals surface area (Å²) < 4.78 is 2.30. The first-order valence-corrected chi connectivity index (χ1v) is 6.73. The highest BCUT2D eigenvalue weighted by atomic mass is 15.0. The minimum Gasteiger partial charge on any atom is -0.332 e. The van der Waals surface area contributed by atoms with E-state index in [1.165, 1.54) is 16.6 Å². The Balaban J connectivity index is 2.37. The van der Waals surface area contributed by atoms with E-state index in [0.29, 0.717) is 0 Å². The first-order chi connectivity index (χ1) is 9.01. The number of hydrogen-bond acceptors (Lipinski definition) is 1. The molecule has 1 N–H and O–H groups in total. The van der Waals surface area contributed by atoms with Gasteiger partial charge in [0, 0.05) is 23.3 Å². The lowest BCUT2D eigenvalue weighted by atomic mass is 10.1. The van der Waals surface area contributed by atoms with Gasteiger partial charge in [0.25, 0.3) is 0 Å². The molecule has 2 heteroatoms. The molecule has 2 aromatic rings. The average Bonchev–Trinajstić information content (AvgIpc) is 2.71. The van der Waals surface area contributed by atoms with Crippen molar-refractivity contribution in [2.24, 2.45) is 0 Å². The van der Waals surface area contributed by atoms with Crippen LogP contribution in [0.15, 0.2) is 30.3 Å². The monoisotopic (exact) mass is 254 g/mol. The Morgan fingerprint density at radius 2 is 1.95 bits per heavy atom. The van der Waals surface area contributed by atoms with Crippen molar-refractivity contribution in [2.45, 2.75) is 46.3 Å². The largest absolute Gasteiger partial charge is 0.332 e. The maximum absolute atomic E-state index is 3.55. The molecule has 0 radical (unpaired) electrons. The number of para-hydroxylation sites is 1. The van der Waals surface area contributed by atoms with Crippen LogP contribution in [0, 0.1) is 11.8 Å². The Labute approximate surface area is 115 Å². The summed E-state index contributed by atoms with van der Waals surface area (Å²) in [4.78, 5) is 0. The molecule has 0 unspecified atom stereocenters. The van der Waals surface area contributed by atoms with Crippen LogP contribution in [0.5, 0.6) is 0 Å². The van der Waals surface area contributed by atoms with Gasteiger partial charge in [-0.2, -0.15) is 0 Å². The molecule has 0 aliphatic rings. The Hall–Kier alpha value is -1.72. The third-order valence-electron chi connectivity index (χ3n) is 3.11. The summed E-state index contributed by atoms with van der Waals surface area (Å²) in [6, 6.07) is 10.7. The van der Waals surface area contributed by atoms with Crippen molar-refractivity contribution in [3.8, 4) is 11.8 Å². The van der Waals surface area contributed by atoms with Gasteiger partial charge in [-0.25, -0.2) is 0 Å². The molecule has 19 heavy (non-hydrogen) atoms. The standard InChI is InChI=1S/C17H22N2/c1-5-6-11-19-15(13-18-17(2,3)4)12-14-9-7-8-10-16(14)19/h7-10,12,18H,11,13H2,1-4H3. The second-order valence-electron chi connectivity index (χ2n) is 5.81. The van der Waals surface area contributed by atoms with Crippen LogP contribution >= 0.6 is 0 Å². The molecule has 1 heterocycles. The second-order valence-corrected chi connectivity index (χ2v) is 5.81. The second kappa shape index (κ2) is 5.50. The van der Waals surface area contributed by atoms with Gasteiger partial charge in [0.1, 0.15) is 0 Å². The van der Waals surface area contributed by atoms with Gasteiger partial charge in [-0.1, -0.05) is 24.1 Å². The zero-order chi connectivity index (χ0) is 13.9. The molecule has 1 aromatic heterocycles. The lowest BCUT2D eigenvalue weighted by Crippen LogP contribution is -2.35. The first kappa shape index (κ1) is 13.7. The quantitative estimate of drug-likeness (QED) is 0.829. The summed E-state index contributed by atoms with van der Waals surface area (Å²) in [5.41, 5.74) is 2.67. The minimum atomic E-state index is 0.123. The predicted molar refractivity (Wildman–Crippen MR) is 82.0 cm³/mol. The highest BCUT2D eigenvalue weighted by Crippen LogP contribution is 2.20. The summed E-state index contributed by atoms with van der Waals surface area (Å²) in [5.74, 6) is 6.14. The summed E-state index contributed by atoms with van der Waals surface area (Å²) in [6.45, 7) is 10.1. The minimum absolute atomic E-state index is 0.123. The van der Waals surface area contributed by atoms with Crippen molar-refractivity contribution in [1.29, 1.82) is 0 Å². The van der Waals surface area contributed by atoms with Crippen LogP contribution in [0.1, 0.15) is 33.4 Å². The molecular weight excluding hydrogens is 232 g/mol. The zero-order valence-electron chi connectivity index (χ0n) is 12.2. The fourth-order valence-electron chi connectivity index (χ4n) is 2.11. The van der Waals surface area contributed by atoms with Crippen molar-refractivity contribution < 1.29 is 0 Å². The molecule has 0 aliphatic heterocycles. The van der Waals surface area contributed by atoms with E-state index in [4.69, 9.17) is 0 Å². The summed E-state index contributed by atoms with van der Waals surface area (Å²) in [5, 5.41) is 4.83. The summed E-state index contributed by atoms with van der Waals surface area (Å²) in [6.07, 6.45) is 0. The third kappa shape index (κ3) is 3.39. The fourth-order valence-corrected chi connectivity index (χ4v) is 2.11. The third-order valence-corrected chi connectivity index (χ3v) is 3.11. The topological polar surface area (TPSA) is 17.0 Å². The Morgan fingerprint density at radius 1 is 1.21 bits per heavy atom. The van der Waals surface area contributed by atoms with E-state index >= 15 is 0 Å². The van der Waals surface area contributed by atoms with Gasteiger partial charge >= 0.3 is 0 Å². The smallest absolute Gasteiger partial charge is 0.0840 e. The number of rotatable bonds is 3. The SMILES string of the molecule is CC#CCn1c(CNC(C)(C)C)cc2ccccc21. The Kier molecular flexibility index (Phi) is 3.97. The molecule has 2 rings (SSSR count). The number of aromatic nitrogens is 1. The lowest BCUT2D eigenvalue weighted by Gasteiger charge is -2.21. The zero-order valence-corrected chi connectivity index (χ0v) is 12.2. The van der Waals surface area contributed by atoms with Crippen LogP contribution in [-0.4, -0.2) is 10.1 Å². The van der Waals surface area contributed by atoms with Gasteiger partial charge in [0.05, 0.1) is 6.54 Å². The summed E-state index contributed by atoms with van der Waals surface area (Å²) >= 11 is 0. The van der Waals surface area contributed by atoms with Crippen molar-refractivity contribution in [2.75, 3.05) is 0 Å². The van der Waals surface area contributed by atoms with Gasteiger partial charge in [0.15, 0.2) is 0 Å². The van der Waals surface area contributed by atoms with E-state index in [1.54, 1.807) is 0 Å². The number of hydrogen-bond donors (Lipinski definition) is 1. The van der Waals surface area contributed by atoms with Crippen LogP contribution in [0.25, 0.3) is 10.9 Å². The van der Waals surface area contributed by atoms with E-state index in [2.05, 4.69) is 72.8 Å². The Bertz CT molecular complexity index is 618. The number of benzene rings is 1. The highest BCUT2D eigenvalue weighted by Gasteiger charge is 2.12. The molecule has 1 aromatic carbocycles. The van der Waals surface area contributed by atoms with Crippen LogP contribution in [-0.2, 0) is 13.1 Å². The molecule has 0 amide bonds. The van der Waals surface area contributed by atoms with E-state index in [9.17, 15) is 0 Å². The maximum atomic E-state index is 3.55. The van der Waals surface area contributed by atoms with Crippen molar-refractivity contribution >= 4 is 10.9 Å². The molecule has 0 aliphatic carbocycles. The van der Waals surface area contributed by atoms with Gasteiger partial charge in [-0.3, -0.25) is 0 Å². The normalized spacial score (nSPS) is 11.4. The van der Waals surface area contributed by atoms with Gasteiger partial charge in [-0.05, 0) is 45.2 Å². The number of nitrogens with zero attached hydrogens (tertiary/aromatic N) is 1. The maximum Gasteiger partial charge on any atom is 0.0840 e. The molecule has 0 spiro atoms. The number of fused-ring (bicyclic) bond motifs is 1. The van der Waals surface area contributed by atoms with E-state index in [-0.39, 0.29) is 5.54 Å². The van der Waals surface area contributed by atoms with Crippen molar-refractivity contribution in [1.82, 2.24) is 9.88 Å². The first-order valence-electron chi connectivity index (χ1n) is 6.73. The van der Waals surface area contributed by atoms with Gasteiger partial charge < -0.3 is 9.88 Å².